The zero-order valence-corrected chi connectivity index (χ0v) is 11.6. The predicted molar refractivity (Wildman–Crippen MR) is 68.7 cm³/mol. The first-order valence-electron chi connectivity index (χ1n) is 6.32. The molecule has 0 aromatic heterocycles. The summed E-state index contributed by atoms with van der Waals surface area (Å²) >= 11 is 0. The number of nitrogens with zero attached hydrogens (tertiary/aromatic N) is 1. The fourth-order valence-electron chi connectivity index (χ4n) is 1.40. The molecule has 110 valence electrons. The van der Waals surface area contributed by atoms with Crippen molar-refractivity contribution in [2.75, 3.05) is 20.2 Å². The van der Waals surface area contributed by atoms with Crippen LogP contribution in [0.3, 0.4) is 0 Å². The maximum atomic E-state index is 11.7. The van der Waals surface area contributed by atoms with Gasteiger partial charge in [0, 0.05) is 13.6 Å². The van der Waals surface area contributed by atoms with Gasteiger partial charge in [-0.05, 0) is 13.3 Å². The lowest BCUT2D eigenvalue weighted by molar-refractivity contribution is -0.143. The second-order valence-corrected chi connectivity index (χ2v) is 4.11. The van der Waals surface area contributed by atoms with Crippen molar-refractivity contribution in [3.63, 3.8) is 0 Å². The summed E-state index contributed by atoms with van der Waals surface area (Å²) in [4.78, 5) is 35.0. The summed E-state index contributed by atoms with van der Waals surface area (Å²) in [6, 6.07) is -1.41. The van der Waals surface area contributed by atoms with Gasteiger partial charge < -0.3 is 20.1 Å². The number of urea groups is 1. The fraction of sp³-hybridized carbons (Fsp3) is 0.750. The molecule has 0 rings (SSSR count). The second-order valence-electron chi connectivity index (χ2n) is 4.11. The number of carboxylic acid groups (broad SMARTS) is 1. The highest BCUT2D eigenvalue weighted by Crippen LogP contribution is 1.99. The molecule has 1 atom stereocenters. The number of carbonyl (C=O) groups is 3. The van der Waals surface area contributed by atoms with Crippen LogP contribution in [0, 0.1) is 0 Å². The van der Waals surface area contributed by atoms with E-state index < -0.39 is 18.0 Å². The lowest BCUT2D eigenvalue weighted by atomic mass is 10.2. The highest BCUT2D eigenvalue weighted by atomic mass is 16.5. The minimum atomic E-state index is -1.06. The quantitative estimate of drug-likeness (QED) is 0.639. The van der Waals surface area contributed by atoms with Crippen LogP contribution < -0.4 is 5.32 Å². The molecule has 0 aromatic rings. The van der Waals surface area contributed by atoms with Gasteiger partial charge >= 0.3 is 18.0 Å². The van der Waals surface area contributed by atoms with Gasteiger partial charge in [0.05, 0.1) is 13.0 Å². The molecule has 7 heteroatoms. The average molecular weight is 274 g/mol. The molecular formula is C12H22N2O5. The van der Waals surface area contributed by atoms with Crippen molar-refractivity contribution >= 4 is 18.0 Å². The van der Waals surface area contributed by atoms with Crippen molar-refractivity contribution in [2.45, 2.75) is 39.2 Å². The molecule has 2 N–H and O–H groups in total. The molecule has 0 aliphatic heterocycles. The summed E-state index contributed by atoms with van der Waals surface area (Å²) in [5.74, 6) is -1.44. The summed E-state index contributed by atoms with van der Waals surface area (Å²) < 4.78 is 4.74. The Bertz CT molecular complexity index is 319. The van der Waals surface area contributed by atoms with Crippen molar-refractivity contribution in [3.05, 3.63) is 0 Å². The molecule has 0 saturated carbocycles. The van der Waals surface area contributed by atoms with Gasteiger partial charge in [0.2, 0.25) is 0 Å². The number of amides is 2. The van der Waals surface area contributed by atoms with Crippen molar-refractivity contribution < 1.29 is 24.2 Å². The van der Waals surface area contributed by atoms with Gasteiger partial charge in [0.1, 0.15) is 6.04 Å². The first kappa shape index (κ1) is 17.2. The van der Waals surface area contributed by atoms with Gasteiger partial charge in [-0.1, -0.05) is 13.3 Å². The Morgan fingerprint density at radius 3 is 2.42 bits per heavy atom. The second kappa shape index (κ2) is 9.18. The van der Waals surface area contributed by atoms with Crippen molar-refractivity contribution in [2.24, 2.45) is 0 Å². The number of carboxylic acids is 1. The number of rotatable bonds is 8. The molecule has 0 aromatic carbocycles. The fourth-order valence-corrected chi connectivity index (χ4v) is 1.40. The van der Waals surface area contributed by atoms with Crippen LogP contribution in [0.4, 0.5) is 4.79 Å². The molecule has 0 aliphatic carbocycles. The van der Waals surface area contributed by atoms with Gasteiger partial charge in [0.15, 0.2) is 0 Å². The van der Waals surface area contributed by atoms with Crippen LogP contribution in [0.15, 0.2) is 0 Å². The maximum Gasteiger partial charge on any atom is 0.326 e. The molecule has 0 unspecified atom stereocenters. The third kappa shape index (κ3) is 7.28. The zero-order valence-electron chi connectivity index (χ0n) is 11.6. The molecule has 19 heavy (non-hydrogen) atoms. The molecule has 2 amide bonds. The van der Waals surface area contributed by atoms with Gasteiger partial charge in [-0.25, -0.2) is 9.59 Å². The molecule has 0 heterocycles. The molecule has 0 spiro atoms. The van der Waals surface area contributed by atoms with Crippen LogP contribution in [-0.4, -0.2) is 54.2 Å². The molecule has 0 saturated heterocycles. The van der Waals surface area contributed by atoms with E-state index in [1.54, 1.807) is 6.92 Å². The smallest absolute Gasteiger partial charge is 0.326 e. The Morgan fingerprint density at radius 1 is 1.32 bits per heavy atom. The number of carbonyl (C=O) groups excluding carboxylic acids is 2. The highest BCUT2D eigenvalue weighted by Gasteiger charge is 2.20. The summed E-state index contributed by atoms with van der Waals surface area (Å²) in [6.07, 6.45) is 1.11. The number of ether oxygens (including phenoxy) is 1. The predicted octanol–water partition coefficient (Wildman–Crippen LogP) is 0.834. The summed E-state index contributed by atoms with van der Waals surface area (Å²) in [7, 11) is 1.50. The highest BCUT2D eigenvalue weighted by molar-refractivity contribution is 5.82. The van der Waals surface area contributed by atoms with Crippen LogP contribution in [0.25, 0.3) is 0 Å². The van der Waals surface area contributed by atoms with E-state index in [0.717, 1.165) is 0 Å². The van der Waals surface area contributed by atoms with Crippen LogP contribution in [0.5, 0.6) is 0 Å². The van der Waals surface area contributed by atoms with Gasteiger partial charge in [0.25, 0.3) is 0 Å². The van der Waals surface area contributed by atoms with Crippen molar-refractivity contribution in [3.8, 4) is 0 Å². The molecule has 0 radical (unpaired) electrons. The van der Waals surface area contributed by atoms with Crippen molar-refractivity contribution in [1.82, 2.24) is 10.2 Å². The number of nitrogens with one attached hydrogen (secondary N) is 1. The van der Waals surface area contributed by atoms with Crippen LogP contribution in [-0.2, 0) is 14.3 Å². The monoisotopic (exact) mass is 274 g/mol. The van der Waals surface area contributed by atoms with Crippen molar-refractivity contribution in [1.29, 1.82) is 0 Å². The van der Waals surface area contributed by atoms with E-state index in [4.69, 9.17) is 9.84 Å². The number of hydrogen-bond acceptors (Lipinski definition) is 4. The van der Waals surface area contributed by atoms with Gasteiger partial charge in [-0.3, -0.25) is 4.79 Å². The van der Waals surface area contributed by atoms with E-state index in [1.165, 1.54) is 11.9 Å². The average Bonchev–Trinajstić information content (AvgIpc) is 2.35. The van der Waals surface area contributed by atoms with E-state index >= 15 is 0 Å². The Morgan fingerprint density at radius 2 is 1.95 bits per heavy atom. The van der Waals surface area contributed by atoms with E-state index in [1.807, 2.05) is 6.92 Å². The van der Waals surface area contributed by atoms with E-state index in [9.17, 15) is 14.4 Å². The third-order valence-corrected chi connectivity index (χ3v) is 2.48. The molecule has 0 fully saturated rings. The lowest BCUT2D eigenvalue weighted by Gasteiger charge is -2.20. The van der Waals surface area contributed by atoms with Crippen LogP contribution >= 0.6 is 0 Å². The van der Waals surface area contributed by atoms with E-state index in [2.05, 4.69) is 5.32 Å². The molecule has 7 nitrogen and oxygen atoms in total. The zero-order chi connectivity index (χ0) is 14.8. The minimum absolute atomic E-state index is 0.0866. The molecule has 0 bridgehead atoms. The minimum Gasteiger partial charge on any atom is -0.480 e. The summed E-state index contributed by atoms with van der Waals surface area (Å²) in [6.45, 7) is 4.03. The first-order chi connectivity index (χ1) is 8.92. The van der Waals surface area contributed by atoms with Crippen LogP contribution in [0.2, 0.25) is 0 Å². The van der Waals surface area contributed by atoms with E-state index in [0.29, 0.717) is 19.4 Å². The maximum absolute atomic E-state index is 11.7. The Labute approximate surface area is 112 Å². The summed E-state index contributed by atoms with van der Waals surface area (Å²) in [5, 5.41) is 11.3. The van der Waals surface area contributed by atoms with Crippen LogP contribution in [0.1, 0.15) is 33.1 Å². The number of esters is 1. The third-order valence-electron chi connectivity index (χ3n) is 2.48. The largest absolute Gasteiger partial charge is 0.480 e. The Kier molecular flexibility index (Phi) is 8.32. The summed E-state index contributed by atoms with van der Waals surface area (Å²) in [5.41, 5.74) is 0. The Balaban J connectivity index is 4.17. The number of aliphatic carboxylic acids is 1. The topological polar surface area (TPSA) is 95.9 Å². The molecule has 0 aliphatic rings. The first-order valence-corrected chi connectivity index (χ1v) is 6.32. The van der Waals surface area contributed by atoms with E-state index in [-0.39, 0.29) is 18.9 Å². The Hall–Kier alpha value is -1.79. The van der Waals surface area contributed by atoms with Gasteiger partial charge in [-0.15, -0.1) is 0 Å². The SMILES string of the molecule is CCC[C@H](NC(=O)N(C)CCC(=O)OCC)C(=O)O. The molecular weight excluding hydrogens is 252 g/mol. The normalized spacial score (nSPS) is 11.5. The lowest BCUT2D eigenvalue weighted by Crippen LogP contribution is -2.47. The number of hydrogen-bond donors (Lipinski definition) is 2. The van der Waals surface area contributed by atoms with Gasteiger partial charge in [-0.2, -0.15) is 0 Å². The standard InChI is InChI=1S/C12H22N2O5/c1-4-6-9(11(16)17)13-12(18)14(3)8-7-10(15)19-5-2/h9H,4-8H2,1-3H3,(H,13,18)(H,16,17)/t9-/m0/s1.